The quantitative estimate of drug-likeness (QED) is 0.0517. The molecule has 0 aliphatic carbocycles. The van der Waals surface area contributed by atoms with Crippen molar-refractivity contribution < 1.29 is 56.0 Å². The third-order valence-corrected chi connectivity index (χ3v) is 15.3. The van der Waals surface area contributed by atoms with Gasteiger partial charge >= 0.3 is 0 Å². The molecule has 0 radical (unpaired) electrons. The summed E-state index contributed by atoms with van der Waals surface area (Å²) in [5.41, 5.74) is 5.83. The summed E-state index contributed by atoms with van der Waals surface area (Å²) in [7, 11) is -4.18. The monoisotopic (exact) mass is 1100 g/mol. The zero-order valence-corrected chi connectivity index (χ0v) is 45.3. The maximum Gasteiger partial charge on any atom is 0.264 e. The Morgan fingerprint density at radius 3 is 2.40 bits per heavy atom. The number of amides is 3. The number of aliphatic hydroxyl groups is 1. The molecule has 4 unspecified atom stereocenters. The molecule has 77 heavy (non-hydrogen) atoms. The van der Waals surface area contributed by atoms with Crippen molar-refractivity contribution in [1.29, 1.82) is 0 Å². The van der Waals surface area contributed by atoms with Gasteiger partial charge in [-0.15, -0.1) is 11.3 Å². The van der Waals surface area contributed by atoms with E-state index in [1.807, 2.05) is 52.0 Å². The Morgan fingerprint density at radius 2 is 1.68 bits per heavy atom. The van der Waals surface area contributed by atoms with Crippen molar-refractivity contribution in [2.24, 2.45) is 5.41 Å². The Morgan fingerprint density at radius 1 is 0.948 bits per heavy atom. The van der Waals surface area contributed by atoms with E-state index in [2.05, 4.69) is 45.4 Å². The molecule has 412 valence electrons. The molecule has 2 aliphatic heterocycles. The molecule has 5 N–H and O–H groups in total. The van der Waals surface area contributed by atoms with Gasteiger partial charge in [0.1, 0.15) is 47.5 Å². The fourth-order valence-electron chi connectivity index (χ4n) is 8.80. The highest BCUT2D eigenvalue weighted by Gasteiger charge is 2.44. The number of thiazole rings is 1. The van der Waals surface area contributed by atoms with E-state index in [-0.39, 0.29) is 63.6 Å². The molecule has 24 heteroatoms. The molecule has 21 nitrogen and oxygen atoms in total. The Bertz CT molecular complexity index is 3080. The third kappa shape index (κ3) is 15.2. The minimum absolute atomic E-state index is 0.0320. The maximum absolute atomic E-state index is 14.4. The lowest BCUT2D eigenvalue weighted by molar-refractivity contribution is -0.144. The highest BCUT2D eigenvalue weighted by molar-refractivity contribution is 7.92. The van der Waals surface area contributed by atoms with Crippen LogP contribution in [0.1, 0.15) is 44.0 Å². The highest BCUT2D eigenvalue weighted by atomic mass is 32.2. The SMILES string of the molecule is Cc1ccc(F)c(S(=O)(=O)Nc2ccc(-c3nc(OCC4CN(CCOCCOCCOCC(=O)NC(C(=O)N5CC(O)CC5C(=O)NCc5ccc(-c6scnc6C)cc5)C(C)(C)C)CCO4)c4cn[nH]c4n3)cc2)c1. The minimum atomic E-state index is -4.18. The Kier molecular flexibility index (Phi) is 19.0. The molecular weight excluding hydrogens is 1040 g/mol. The summed E-state index contributed by atoms with van der Waals surface area (Å²) >= 11 is 1.56. The zero-order chi connectivity index (χ0) is 54.7. The van der Waals surface area contributed by atoms with Gasteiger partial charge in [0.15, 0.2) is 11.5 Å². The number of anilines is 1. The average molecular weight is 1100 g/mol. The number of rotatable bonds is 24. The van der Waals surface area contributed by atoms with E-state index in [9.17, 15) is 32.3 Å². The second kappa shape index (κ2) is 25.8. The van der Waals surface area contributed by atoms with Crippen LogP contribution in [0, 0.1) is 25.1 Å². The van der Waals surface area contributed by atoms with Gasteiger partial charge in [-0.1, -0.05) is 51.1 Å². The zero-order valence-electron chi connectivity index (χ0n) is 43.6. The second-order valence-electron chi connectivity index (χ2n) is 19.9. The van der Waals surface area contributed by atoms with Gasteiger partial charge in [0.2, 0.25) is 23.6 Å². The van der Waals surface area contributed by atoms with Crippen molar-refractivity contribution in [3.63, 3.8) is 0 Å². The Labute approximate surface area is 450 Å². The van der Waals surface area contributed by atoms with Gasteiger partial charge in [0.05, 0.1) is 68.0 Å². The van der Waals surface area contributed by atoms with Gasteiger partial charge in [-0.3, -0.25) is 29.1 Å². The number of aliphatic hydroxyl groups excluding tert-OH is 1. The fourth-order valence-corrected chi connectivity index (χ4v) is 10.8. The van der Waals surface area contributed by atoms with Crippen molar-refractivity contribution in [1.82, 2.24) is 45.6 Å². The minimum Gasteiger partial charge on any atom is -0.474 e. The molecule has 0 bridgehead atoms. The lowest BCUT2D eigenvalue weighted by atomic mass is 9.85. The number of nitrogens with zero attached hydrogens (tertiary/aromatic N) is 6. The van der Waals surface area contributed by atoms with Gasteiger partial charge in [-0.05, 0) is 72.4 Å². The number of morpholine rings is 1. The van der Waals surface area contributed by atoms with E-state index in [4.69, 9.17) is 23.7 Å². The summed E-state index contributed by atoms with van der Waals surface area (Å²) in [6.07, 6.45) is 0.508. The Balaban J connectivity index is 0.705. The summed E-state index contributed by atoms with van der Waals surface area (Å²) in [6, 6.07) is 16.2. The Hall–Kier alpha value is -6.51. The lowest BCUT2D eigenvalue weighted by Crippen LogP contribution is -2.58. The molecule has 0 saturated carbocycles. The van der Waals surface area contributed by atoms with Gasteiger partial charge < -0.3 is 44.3 Å². The maximum atomic E-state index is 14.4. The van der Waals surface area contributed by atoms with Gasteiger partial charge in [0, 0.05) is 50.4 Å². The van der Waals surface area contributed by atoms with Crippen LogP contribution >= 0.6 is 11.3 Å². The number of aromatic nitrogens is 5. The number of ether oxygens (including phenoxy) is 5. The number of hydrogen-bond acceptors (Lipinski definition) is 17. The molecule has 2 saturated heterocycles. The molecule has 5 heterocycles. The predicted octanol–water partition coefficient (Wildman–Crippen LogP) is 4.64. The van der Waals surface area contributed by atoms with Crippen LogP contribution in [0.2, 0.25) is 0 Å². The van der Waals surface area contributed by atoms with E-state index in [0.29, 0.717) is 79.9 Å². The lowest BCUT2D eigenvalue weighted by Gasteiger charge is -2.35. The topological polar surface area (TPSA) is 262 Å². The van der Waals surface area contributed by atoms with Gasteiger partial charge in [-0.2, -0.15) is 10.1 Å². The predicted molar refractivity (Wildman–Crippen MR) is 285 cm³/mol. The van der Waals surface area contributed by atoms with Crippen molar-refractivity contribution in [3.05, 3.63) is 101 Å². The summed E-state index contributed by atoms with van der Waals surface area (Å²) < 4.78 is 71.9. The number of β-amino-alcohol motifs (C(OH)–C–C–N with tert-alkyl or cyclic N) is 1. The largest absolute Gasteiger partial charge is 0.474 e. The van der Waals surface area contributed by atoms with Crippen LogP contribution in [-0.2, 0) is 49.9 Å². The van der Waals surface area contributed by atoms with Crippen LogP contribution < -0.4 is 20.1 Å². The number of hydrogen-bond donors (Lipinski definition) is 5. The molecule has 8 rings (SSSR count). The highest BCUT2D eigenvalue weighted by Crippen LogP contribution is 2.30. The van der Waals surface area contributed by atoms with E-state index in [0.717, 1.165) is 27.8 Å². The van der Waals surface area contributed by atoms with Crippen LogP contribution in [0.3, 0.4) is 0 Å². The van der Waals surface area contributed by atoms with E-state index in [1.54, 1.807) is 54.2 Å². The number of benzene rings is 3. The summed E-state index contributed by atoms with van der Waals surface area (Å²) in [6.45, 7) is 13.1. The summed E-state index contributed by atoms with van der Waals surface area (Å²) in [5.74, 6) is -1.58. The number of nitrogens with one attached hydrogen (secondary N) is 4. The number of halogens is 1. The van der Waals surface area contributed by atoms with Crippen LogP contribution in [0.4, 0.5) is 10.1 Å². The fraction of sp³-hybridized carbons (Fsp3) is 0.453. The van der Waals surface area contributed by atoms with Crippen molar-refractivity contribution in [2.45, 2.75) is 76.8 Å². The van der Waals surface area contributed by atoms with E-state index < -0.39 is 56.2 Å². The molecule has 2 aliphatic rings. The number of likely N-dealkylation sites (tertiary alicyclic amines) is 1. The smallest absolute Gasteiger partial charge is 0.264 e. The van der Waals surface area contributed by atoms with Crippen molar-refractivity contribution in [3.8, 4) is 27.7 Å². The van der Waals surface area contributed by atoms with Crippen LogP contribution in [0.15, 0.2) is 83.3 Å². The third-order valence-electron chi connectivity index (χ3n) is 12.9. The standard InChI is InChI=1S/C53H65FN10O11S2/c1-33-6-15-42(54)44(24-33)77(69,70)62-38-13-11-37(12-14-38)48-59-49-41(27-57-61-49)51(60-48)75-30-40-29-63(17-19-74-40)16-18-71-20-21-72-22-23-73-31-45(66)58-47(53(3,4)5)52(68)64-28-39(65)25-43(64)50(67)55-26-35-7-9-36(10-8-35)46-34(2)56-32-76-46/h6-15,24,27,32,39-40,43,47,62,65H,16-23,25-26,28-31H2,1-5H3,(H,55,67)(H,58,66)(H,57,59,60,61). The first-order valence-corrected chi connectivity index (χ1v) is 27.6. The molecule has 2 fully saturated rings. The number of aryl methyl sites for hydroxylation is 2. The number of sulfonamides is 1. The van der Waals surface area contributed by atoms with E-state index in [1.165, 1.54) is 17.0 Å². The summed E-state index contributed by atoms with van der Waals surface area (Å²) in [5, 5.41) is 23.8. The number of carbonyl (C=O) groups is 3. The molecular formula is C53H65FN10O11S2. The van der Waals surface area contributed by atoms with E-state index >= 15 is 0 Å². The summed E-state index contributed by atoms with van der Waals surface area (Å²) in [4.78, 5) is 58.3. The normalized spacial score (nSPS) is 17.6. The number of carbonyl (C=O) groups excluding carboxylic acids is 3. The average Bonchev–Trinajstić information content (AvgIpc) is 4.18. The molecule has 4 atom stereocenters. The first-order valence-electron chi connectivity index (χ1n) is 25.3. The van der Waals surface area contributed by atoms with Gasteiger partial charge in [-0.25, -0.2) is 22.8 Å². The molecule has 3 aromatic carbocycles. The number of aromatic amines is 1. The van der Waals surface area contributed by atoms with Crippen LogP contribution in [0.5, 0.6) is 5.88 Å². The first kappa shape index (κ1) is 56.7. The number of H-pyrrole nitrogens is 1. The van der Waals surface area contributed by atoms with Gasteiger partial charge in [0.25, 0.3) is 10.0 Å². The molecule has 6 aromatic rings. The molecule has 0 spiro atoms. The van der Waals surface area contributed by atoms with Crippen molar-refractivity contribution in [2.75, 3.05) is 83.8 Å². The van der Waals surface area contributed by atoms with Crippen molar-refractivity contribution >= 4 is 55.8 Å². The first-order chi connectivity index (χ1) is 36.9. The molecule has 3 amide bonds. The molecule has 3 aromatic heterocycles. The van der Waals surface area contributed by atoms with Crippen LogP contribution in [0.25, 0.3) is 32.9 Å². The van der Waals surface area contributed by atoms with Crippen LogP contribution in [-0.4, -0.2) is 170 Å². The number of fused-ring (bicyclic) bond motifs is 1. The second-order valence-corrected chi connectivity index (χ2v) is 22.4.